The Kier molecular flexibility index (Phi) is 7.37. The molecule has 110 valence electrons. The first-order valence-corrected chi connectivity index (χ1v) is 7.96. The second kappa shape index (κ2) is 8.80. The van der Waals surface area contributed by atoms with Crippen LogP contribution in [0.1, 0.15) is 50.4 Å². The summed E-state index contributed by atoms with van der Waals surface area (Å²) in [6.45, 7) is 6.27. The van der Waals surface area contributed by atoms with Crippen molar-refractivity contribution in [3.05, 3.63) is 29.8 Å². The maximum atomic E-state index is 11.9. The Hall–Kier alpha value is -1.29. The molecule has 0 heterocycles. The fourth-order valence-electron chi connectivity index (χ4n) is 1.68. The summed E-state index contributed by atoms with van der Waals surface area (Å²) in [7, 11) is 0. The van der Waals surface area contributed by atoms with Gasteiger partial charge in [-0.15, -0.1) is 11.8 Å². The lowest BCUT2D eigenvalue weighted by molar-refractivity contribution is -0.143. The highest BCUT2D eigenvalue weighted by atomic mass is 32.2. The van der Waals surface area contributed by atoms with Gasteiger partial charge in [0.05, 0.1) is 6.61 Å². The van der Waals surface area contributed by atoms with Gasteiger partial charge in [-0.05, 0) is 25.0 Å². The van der Waals surface area contributed by atoms with E-state index >= 15 is 0 Å². The third-order valence-corrected chi connectivity index (χ3v) is 4.21. The van der Waals surface area contributed by atoms with Crippen LogP contribution in [0.15, 0.2) is 29.2 Å². The average molecular weight is 294 g/mol. The van der Waals surface area contributed by atoms with Crippen molar-refractivity contribution in [1.29, 1.82) is 0 Å². The van der Waals surface area contributed by atoms with E-state index in [0.717, 1.165) is 23.3 Å². The highest BCUT2D eigenvalue weighted by Gasteiger charge is 2.19. The Labute approximate surface area is 125 Å². The van der Waals surface area contributed by atoms with Crippen LogP contribution in [0.2, 0.25) is 0 Å². The van der Waals surface area contributed by atoms with Gasteiger partial charge in [0.1, 0.15) is 5.25 Å². The van der Waals surface area contributed by atoms with Crippen molar-refractivity contribution in [3.8, 4) is 0 Å². The van der Waals surface area contributed by atoms with Crippen LogP contribution in [0.5, 0.6) is 0 Å². The van der Waals surface area contributed by atoms with Crippen molar-refractivity contribution >= 4 is 23.5 Å². The lowest BCUT2D eigenvalue weighted by Gasteiger charge is -2.13. The summed E-state index contributed by atoms with van der Waals surface area (Å²) < 4.78 is 5.18. The summed E-state index contributed by atoms with van der Waals surface area (Å²) in [5, 5.41) is -0.186. The Bertz CT molecular complexity index is 440. The Morgan fingerprint density at radius 1 is 1.15 bits per heavy atom. The van der Waals surface area contributed by atoms with Gasteiger partial charge in [0.25, 0.3) is 0 Å². The maximum absolute atomic E-state index is 11.9. The van der Waals surface area contributed by atoms with Crippen LogP contribution in [0.25, 0.3) is 0 Å². The average Bonchev–Trinajstić information content (AvgIpc) is 2.50. The number of rotatable bonds is 8. The fraction of sp³-hybridized carbons (Fsp3) is 0.500. The fourth-order valence-corrected chi connectivity index (χ4v) is 2.63. The molecule has 1 atom stereocenters. The van der Waals surface area contributed by atoms with Crippen molar-refractivity contribution in [2.45, 2.75) is 50.2 Å². The van der Waals surface area contributed by atoms with Crippen LogP contribution >= 0.6 is 11.8 Å². The topological polar surface area (TPSA) is 43.4 Å². The first-order chi connectivity index (χ1) is 9.62. The van der Waals surface area contributed by atoms with E-state index in [1.165, 1.54) is 11.8 Å². The molecular weight excluding hydrogens is 272 g/mol. The highest BCUT2D eigenvalue weighted by molar-refractivity contribution is 8.00. The molecule has 0 fully saturated rings. The van der Waals surface area contributed by atoms with Crippen LogP contribution in [-0.2, 0) is 9.53 Å². The Morgan fingerprint density at radius 3 is 2.30 bits per heavy atom. The first-order valence-electron chi connectivity index (χ1n) is 7.08. The minimum absolute atomic E-state index is 0.135. The quantitative estimate of drug-likeness (QED) is 0.411. The molecule has 0 N–H and O–H groups in total. The number of ketones is 1. The van der Waals surface area contributed by atoms with Gasteiger partial charge in [-0.1, -0.05) is 32.9 Å². The predicted molar refractivity (Wildman–Crippen MR) is 82.2 cm³/mol. The number of benzene rings is 1. The summed E-state index contributed by atoms with van der Waals surface area (Å²) in [6.07, 6.45) is 2.07. The third kappa shape index (κ3) is 5.00. The van der Waals surface area contributed by atoms with E-state index in [2.05, 4.69) is 0 Å². The van der Waals surface area contributed by atoms with E-state index in [0.29, 0.717) is 13.0 Å². The van der Waals surface area contributed by atoms with E-state index in [1.54, 1.807) is 0 Å². The molecule has 0 saturated heterocycles. The summed E-state index contributed by atoms with van der Waals surface area (Å²) in [5.74, 6) is -0.0241. The molecule has 0 spiro atoms. The molecule has 1 aromatic rings. The number of Topliss-reactive ketones (excluding diaryl/α,β-unsaturated/α-hetero) is 1. The van der Waals surface area contributed by atoms with E-state index in [9.17, 15) is 9.59 Å². The number of esters is 1. The zero-order valence-electron chi connectivity index (χ0n) is 12.3. The van der Waals surface area contributed by atoms with Crippen LogP contribution in [0.3, 0.4) is 0 Å². The summed E-state index contributed by atoms with van der Waals surface area (Å²) in [5.41, 5.74) is 0.721. The molecule has 1 aromatic carbocycles. The number of thioether (sulfide) groups is 1. The summed E-state index contributed by atoms with van der Waals surface area (Å²) >= 11 is 1.49. The van der Waals surface area contributed by atoms with E-state index in [-0.39, 0.29) is 17.0 Å². The lowest BCUT2D eigenvalue weighted by Crippen LogP contribution is -2.19. The number of carbonyl (C=O) groups is 2. The zero-order chi connectivity index (χ0) is 15.0. The second-order valence-electron chi connectivity index (χ2n) is 4.48. The predicted octanol–water partition coefficient (Wildman–Crippen LogP) is 4.10. The van der Waals surface area contributed by atoms with Crippen LogP contribution < -0.4 is 0 Å². The molecule has 4 heteroatoms. The molecule has 0 saturated carbocycles. The van der Waals surface area contributed by atoms with E-state index < -0.39 is 0 Å². The number of hydrogen-bond acceptors (Lipinski definition) is 4. The van der Waals surface area contributed by atoms with Crippen molar-refractivity contribution in [2.24, 2.45) is 0 Å². The van der Waals surface area contributed by atoms with E-state index in [1.807, 2.05) is 45.0 Å². The largest absolute Gasteiger partial charge is 0.465 e. The molecular formula is C16H22O3S. The van der Waals surface area contributed by atoms with Gasteiger partial charge in [0.2, 0.25) is 0 Å². The minimum atomic E-state index is -0.186. The molecule has 0 aliphatic rings. The first kappa shape index (κ1) is 16.8. The van der Waals surface area contributed by atoms with Crippen LogP contribution in [-0.4, -0.2) is 23.6 Å². The maximum Gasteiger partial charge on any atom is 0.319 e. The summed E-state index contributed by atoms with van der Waals surface area (Å²) in [6, 6.07) is 7.42. The standard InChI is InChI=1S/C16H22O3S/c1-4-11-19-16(18)15(6-3)20-13-9-7-12(8-10-13)14(17)5-2/h7-10,15H,4-6,11H2,1-3H3. The van der Waals surface area contributed by atoms with Gasteiger partial charge in [-0.3, -0.25) is 9.59 Å². The van der Waals surface area contributed by atoms with Crippen LogP contribution in [0.4, 0.5) is 0 Å². The SMILES string of the molecule is CCCOC(=O)C(CC)Sc1ccc(C(=O)CC)cc1. The second-order valence-corrected chi connectivity index (χ2v) is 5.76. The van der Waals surface area contributed by atoms with Gasteiger partial charge in [0, 0.05) is 16.9 Å². The molecule has 1 unspecified atom stereocenters. The monoisotopic (exact) mass is 294 g/mol. The lowest BCUT2D eigenvalue weighted by atomic mass is 10.1. The van der Waals surface area contributed by atoms with Crippen molar-refractivity contribution < 1.29 is 14.3 Å². The van der Waals surface area contributed by atoms with Gasteiger partial charge in [-0.25, -0.2) is 0 Å². The van der Waals surface area contributed by atoms with Crippen molar-refractivity contribution in [3.63, 3.8) is 0 Å². The Balaban J connectivity index is 2.65. The van der Waals surface area contributed by atoms with Gasteiger partial charge >= 0.3 is 5.97 Å². The third-order valence-electron chi connectivity index (χ3n) is 2.86. The number of ether oxygens (including phenoxy) is 1. The molecule has 0 radical (unpaired) electrons. The summed E-state index contributed by atoms with van der Waals surface area (Å²) in [4.78, 5) is 24.4. The van der Waals surface area contributed by atoms with Crippen molar-refractivity contribution in [2.75, 3.05) is 6.61 Å². The zero-order valence-corrected chi connectivity index (χ0v) is 13.2. The molecule has 1 rings (SSSR count). The van der Waals surface area contributed by atoms with Crippen LogP contribution in [0, 0.1) is 0 Å². The normalized spacial score (nSPS) is 11.9. The van der Waals surface area contributed by atoms with Gasteiger partial charge in [0.15, 0.2) is 5.78 Å². The minimum Gasteiger partial charge on any atom is -0.465 e. The van der Waals surface area contributed by atoms with Gasteiger partial charge < -0.3 is 4.74 Å². The molecule has 20 heavy (non-hydrogen) atoms. The smallest absolute Gasteiger partial charge is 0.319 e. The van der Waals surface area contributed by atoms with Gasteiger partial charge in [-0.2, -0.15) is 0 Å². The Morgan fingerprint density at radius 2 is 1.80 bits per heavy atom. The highest BCUT2D eigenvalue weighted by Crippen LogP contribution is 2.26. The number of carbonyl (C=O) groups excluding carboxylic acids is 2. The molecule has 0 amide bonds. The molecule has 0 aliphatic heterocycles. The molecule has 3 nitrogen and oxygen atoms in total. The number of hydrogen-bond donors (Lipinski definition) is 0. The van der Waals surface area contributed by atoms with Crippen molar-refractivity contribution in [1.82, 2.24) is 0 Å². The molecule has 0 aliphatic carbocycles. The van der Waals surface area contributed by atoms with E-state index in [4.69, 9.17) is 4.74 Å². The molecule has 0 bridgehead atoms. The molecule has 0 aromatic heterocycles.